The van der Waals surface area contributed by atoms with Gasteiger partial charge in [0.15, 0.2) is 24.1 Å². The summed E-state index contributed by atoms with van der Waals surface area (Å²) in [7, 11) is 1.16. The Kier molecular flexibility index (Phi) is 8.76. The van der Waals surface area contributed by atoms with Gasteiger partial charge in [-0.3, -0.25) is 28.8 Å². The Labute approximate surface area is 322 Å². The molecule has 15 atom stereocenters. The molecule has 2 saturated heterocycles. The molecule has 6 aliphatic rings. The van der Waals surface area contributed by atoms with Crippen LogP contribution >= 0.6 is 0 Å². The zero-order valence-corrected chi connectivity index (χ0v) is 33.1. The highest BCUT2D eigenvalue weighted by molar-refractivity contribution is 5.73. The Hall–Kier alpha value is -4.06. The van der Waals surface area contributed by atoms with Crippen molar-refractivity contribution in [3.05, 3.63) is 24.2 Å². The van der Waals surface area contributed by atoms with Crippen LogP contribution in [0, 0.1) is 28.1 Å². The molecule has 4 aliphatic carbocycles. The third kappa shape index (κ3) is 4.40. The highest BCUT2D eigenvalue weighted by Gasteiger charge is 3.04. The fourth-order valence-corrected chi connectivity index (χ4v) is 13.0. The molecule has 3 heterocycles. The van der Waals surface area contributed by atoms with E-state index >= 15 is 0 Å². The lowest BCUT2D eigenvalue weighted by molar-refractivity contribution is -0.440. The van der Waals surface area contributed by atoms with E-state index in [9.17, 15) is 39.0 Å². The molecule has 7 rings (SSSR count). The largest absolute Gasteiger partial charge is 0.472 e. The maximum absolute atomic E-state index is 14.4. The van der Waals surface area contributed by atoms with E-state index in [1.807, 2.05) is 0 Å². The molecule has 17 heteroatoms. The number of hydrogen-bond donors (Lipinski definition) is 2. The first kappa shape index (κ1) is 40.1. The molecule has 0 aromatic carbocycles. The molecule has 6 fully saturated rings. The van der Waals surface area contributed by atoms with Crippen molar-refractivity contribution in [2.45, 2.75) is 147 Å². The summed E-state index contributed by atoms with van der Waals surface area (Å²) in [4.78, 5) is 79.9. The van der Waals surface area contributed by atoms with E-state index in [0.717, 1.165) is 34.8 Å². The number of fused-ring (bicyclic) bond motifs is 4. The summed E-state index contributed by atoms with van der Waals surface area (Å²) >= 11 is 0. The van der Waals surface area contributed by atoms with Gasteiger partial charge in [0.05, 0.1) is 25.1 Å². The average molecular weight is 791 g/mol. The van der Waals surface area contributed by atoms with Crippen molar-refractivity contribution >= 4 is 35.8 Å². The van der Waals surface area contributed by atoms with Crippen LogP contribution in [0.3, 0.4) is 0 Å². The smallest absolute Gasteiger partial charge is 0.305 e. The fourth-order valence-electron chi connectivity index (χ4n) is 13.0. The highest BCUT2D eigenvalue weighted by Crippen LogP contribution is 2.87. The molecular formula is C39H50O17. The van der Waals surface area contributed by atoms with Gasteiger partial charge in [0.2, 0.25) is 5.60 Å². The third-order valence-electron chi connectivity index (χ3n) is 14.6. The van der Waals surface area contributed by atoms with Gasteiger partial charge in [0, 0.05) is 69.8 Å². The van der Waals surface area contributed by atoms with Crippen molar-refractivity contribution in [3.8, 4) is 0 Å². The minimum atomic E-state index is -2.71. The Balaban J connectivity index is 1.67. The summed E-state index contributed by atoms with van der Waals surface area (Å²) in [6, 6.07) is 1.54. The fraction of sp³-hybridized carbons (Fsp3) is 0.744. The van der Waals surface area contributed by atoms with Crippen molar-refractivity contribution < 1.29 is 81.3 Å². The minimum Gasteiger partial charge on any atom is -0.472 e. The number of rotatable bonds is 10. The Morgan fingerprint density at radius 3 is 2.04 bits per heavy atom. The van der Waals surface area contributed by atoms with E-state index in [4.69, 9.17) is 42.3 Å². The Morgan fingerprint density at radius 1 is 0.893 bits per heavy atom. The molecule has 0 radical (unpaired) electrons. The molecule has 1 aromatic heterocycles. The van der Waals surface area contributed by atoms with Crippen molar-refractivity contribution in [1.29, 1.82) is 0 Å². The van der Waals surface area contributed by atoms with Crippen LogP contribution < -0.4 is 0 Å². The second-order valence-corrected chi connectivity index (χ2v) is 17.1. The molecule has 4 bridgehead atoms. The number of methoxy groups -OCH3 is 1. The number of aliphatic hydroxyl groups is 2. The Bertz CT molecular complexity index is 1880. The van der Waals surface area contributed by atoms with Crippen molar-refractivity contribution in [2.75, 3.05) is 7.11 Å². The second-order valence-electron chi connectivity index (χ2n) is 17.1. The van der Waals surface area contributed by atoms with E-state index < -0.39 is 129 Å². The lowest BCUT2D eigenvalue weighted by atomic mass is 9.32. The number of carbonyl (C=O) groups is 6. The normalized spacial score (nSPS) is 46.6. The quantitative estimate of drug-likeness (QED) is 0.256. The third-order valence-corrected chi connectivity index (χ3v) is 14.6. The zero-order chi connectivity index (χ0) is 41.4. The van der Waals surface area contributed by atoms with E-state index in [0.29, 0.717) is 5.56 Å². The summed E-state index contributed by atoms with van der Waals surface area (Å²) in [5, 5.41) is 28.2. The summed E-state index contributed by atoms with van der Waals surface area (Å²) in [5.74, 6) is -9.02. The predicted molar refractivity (Wildman–Crippen MR) is 183 cm³/mol. The van der Waals surface area contributed by atoms with Crippen LogP contribution in [0.4, 0.5) is 0 Å². The minimum absolute atomic E-state index is 0.0686. The van der Waals surface area contributed by atoms with Gasteiger partial charge in [-0.2, -0.15) is 0 Å². The Morgan fingerprint density at radius 2 is 1.52 bits per heavy atom. The molecular weight excluding hydrogens is 740 g/mol. The summed E-state index contributed by atoms with van der Waals surface area (Å²) in [6.45, 7) is 12.2. The van der Waals surface area contributed by atoms with Crippen LogP contribution in [0.15, 0.2) is 23.0 Å². The van der Waals surface area contributed by atoms with Crippen LogP contribution in [0.2, 0.25) is 0 Å². The van der Waals surface area contributed by atoms with Gasteiger partial charge in [0.1, 0.15) is 29.0 Å². The number of hydrogen-bond acceptors (Lipinski definition) is 17. The first-order valence-electron chi connectivity index (χ1n) is 18.8. The maximum atomic E-state index is 14.4. The molecule has 2 aliphatic heterocycles. The molecule has 4 saturated carbocycles. The topological polar surface area (TPSA) is 230 Å². The lowest BCUT2D eigenvalue weighted by Gasteiger charge is -2.77. The first-order valence-corrected chi connectivity index (χ1v) is 18.8. The van der Waals surface area contributed by atoms with E-state index in [1.165, 1.54) is 26.4 Å². The highest BCUT2D eigenvalue weighted by atomic mass is 16.8. The van der Waals surface area contributed by atoms with Gasteiger partial charge in [-0.25, -0.2) is 0 Å². The van der Waals surface area contributed by atoms with Crippen LogP contribution in [-0.2, 0) is 66.7 Å². The van der Waals surface area contributed by atoms with Crippen molar-refractivity contribution in [2.24, 2.45) is 28.1 Å². The van der Waals surface area contributed by atoms with Gasteiger partial charge in [0.25, 0.3) is 0 Å². The number of carbonyl (C=O) groups excluding carboxylic acids is 6. The molecule has 1 spiro atoms. The van der Waals surface area contributed by atoms with E-state index in [2.05, 4.69) is 0 Å². The zero-order valence-electron chi connectivity index (χ0n) is 33.1. The second kappa shape index (κ2) is 12.2. The van der Waals surface area contributed by atoms with E-state index in [1.54, 1.807) is 26.8 Å². The molecule has 56 heavy (non-hydrogen) atoms. The number of esters is 6. The molecule has 2 N–H and O–H groups in total. The van der Waals surface area contributed by atoms with Crippen molar-refractivity contribution in [1.82, 2.24) is 0 Å². The number of ether oxygens (including phenoxy) is 8. The van der Waals surface area contributed by atoms with Gasteiger partial charge < -0.3 is 52.5 Å². The van der Waals surface area contributed by atoms with Crippen LogP contribution in [0.5, 0.6) is 0 Å². The summed E-state index contributed by atoms with van der Waals surface area (Å²) in [6.07, 6.45) is -6.33. The lowest BCUT2D eigenvalue weighted by Crippen LogP contribution is -2.96. The first-order chi connectivity index (χ1) is 26.0. The van der Waals surface area contributed by atoms with Crippen LogP contribution in [0.25, 0.3) is 0 Å². The predicted octanol–water partition coefficient (Wildman–Crippen LogP) is 2.37. The SMILES string of the molecule is CC[C@@]12C[C@H]3C4(O1)[C@H](O2)[C@@]1(OC(C)=O)[C@@H](OC(C)=O)[C@@]2(C)C[C@@]1(O)[C@@](C)([C@H]2CC(=O)OC)[C@@]4(O)[C@H](OC(C)=O)[C@H](OC(C)=O)[C@@]3(C)[C@H](OC(C)=O)c1ccoc1. The maximum Gasteiger partial charge on any atom is 0.305 e. The summed E-state index contributed by atoms with van der Waals surface area (Å²) < 4.78 is 55.6. The van der Waals surface area contributed by atoms with Crippen LogP contribution in [0.1, 0.15) is 99.7 Å². The molecule has 0 amide bonds. The standard InChI is InChI=1S/C39H50O17/c1-11-35-15-25-33(8,27(50-18(2)40)23-12-13-49-16-23)28(51-19(3)41)29(52-20(4)42)39(47)34(9)24(14-26(45)48-10)32(7)17-36(34,46)38(54-22(6)44,30(32)53-21(5)43)31(55-35)37(25,39)56-35/h12-13,16,24-25,27-31,46-47H,11,14-15,17H2,1-10H3/t24-,25+,27+,28-,29+,30-,31-,32-,33+,34+,35-,36+,37?,38-,39-/m0/s1. The monoisotopic (exact) mass is 790 g/mol. The molecule has 308 valence electrons. The average Bonchev–Trinajstić information content (AvgIpc) is 3.90. The number of furan rings is 1. The van der Waals surface area contributed by atoms with Gasteiger partial charge in [-0.1, -0.05) is 27.7 Å². The van der Waals surface area contributed by atoms with Gasteiger partial charge in [-0.15, -0.1) is 0 Å². The summed E-state index contributed by atoms with van der Waals surface area (Å²) in [5.41, 5.74) is -14.8. The molecule has 17 nitrogen and oxygen atoms in total. The van der Waals surface area contributed by atoms with Gasteiger partial charge in [-0.05, 0) is 24.8 Å². The van der Waals surface area contributed by atoms with Crippen LogP contribution in [-0.4, -0.2) is 106 Å². The molecule has 1 unspecified atom stereocenters. The molecule has 1 aromatic rings. The van der Waals surface area contributed by atoms with E-state index in [-0.39, 0.29) is 19.3 Å². The van der Waals surface area contributed by atoms with Gasteiger partial charge >= 0.3 is 35.8 Å². The van der Waals surface area contributed by atoms with Crippen molar-refractivity contribution in [3.63, 3.8) is 0 Å².